The Hall–Kier alpha value is -7.30. The Balaban J connectivity index is 1.15. The van der Waals surface area contributed by atoms with E-state index >= 15 is 0 Å². The Morgan fingerprint density at radius 1 is 0.315 bits per heavy atom. The molecule has 0 amide bonds. The van der Waals surface area contributed by atoms with E-state index in [1.54, 1.807) is 0 Å². The van der Waals surface area contributed by atoms with Gasteiger partial charge in [-0.3, -0.25) is 0 Å². The molecule has 0 radical (unpaired) electrons. The first kappa shape index (κ1) is 30.3. The number of rotatable bonds is 5. The molecular weight excluding hydrogens is 661 g/mol. The molecule has 11 rings (SSSR count). The fourth-order valence-electron chi connectivity index (χ4n) is 7.78. The van der Waals surface area contributed by atoms with Gasteiger partial charge in [0, 0.05) is 32.7 Å². The van der Waals surface area contributed by atoms with E-state index in [2.05, 4.69) is 133 Å². The van der Waals surface area contributed by atoms with Crippen LogP contribution in [0.3, 0.4) is 0 Å². The number of hydrogen-bond donors (Lipinski definition) is 0. The van der Waals surface area contributed by atoms with Crippen molar-refractivity contribution in [3.63, 3.8) is 0 Å². The van der Waals surface area contributed by atoms with Crippen LogP contribution >= 0.6 is 0 Å². The molecule has 0 atom stereocenters. The van der Waals surface area contributed by atoms with Crippen molar-refractivity contribution in [2.75, 3.05) is 0 Å². The smallest absolute Gasteiger partial charge is 0.164 e. The van der Waals surface area contributed by atoms with Gasteiger partial charge in [-0.25, -0.2) is 9.97 Å². The van der Waals surface area contributed by atoms with Crippen molar-refractivity contribution >= 4 is 54.6 Å². The average molecular weight is 691 g/mol. The van der Waals surface area contributed by atoms with E-state index in [1.807, 2.05) is 48.5 Å². The summed E-state index contributed by atoms with van der Waals surface area (Å²) in [5.74, 6) is 0.609. The van der Waals surface area contributed by atoms with Crippen LogP contribution in [0.25, 0.3) is 111 Å². The summed E-state index contributed by atoms with van der Waals surface area (Å²) in [5.41, 5.74) is 12.2. The summed E-state index contributed by atoms with van der Waals surface area (Å²) in [6.45, 7) is 0. The van der Waals surface area contributed by atoms with Gasteiger partial charge in [0.2, 0.25) is 0 Å². The standard InChI is InChI=1S/C50H30N2O2/c1-2-12-32(13-3-1)44-30-45(52-50(51-44)43-18-10-17-42-40-16-7-9-20-47(40)54-49(42)43)38-27-36(34-22-21-31-11-4-5-14-33(31)25-34)26-37(28-38)35-23-24-41-39-15-6-8-19-46(39)53-48(41)29-35/h1-30H. The fraction of sp³-hybridized carbons (Fsp3) is 0. The molecule has 54 heavy (non-hydrogen) atoms. The Morgan fingerprint density at radius 2 is 0.907 bits per heavy atom. The molecule has 252 valence electrons. The van der Waals surface area contributed by atoms with E-state index in [-0.39, 0.29) is 0 Å². The molecule has 0 saturated carbocycles. The number of aromatic nitrogens is 2. The van der Waals surface area contributed by atoms with Gasteiger partial charge in [-0.05, 0) is 93.7 Å². The zero-order valence-corrected chi connectivity index (χ0v) is 29.0. The van der Waals surface area contributed by atoms with Gasteiger partial charge in [-0.15, -0.1) is 0 Å². The molecule has 0 aliphatic heterocycles. The third-order valence-electron chi connectivity index (χ3n) is 10.5. The van der Waals surface area contributed by atoms with Crippen LogP contribution in [0.15, 0.2) is 191 Å². The minimum absolute atomic E-state index is 0.609. The number of para-hydroxylation sites is 3. The highest BCUT2D eigenvalue weighted by molar-refractivity contribution is 6.09. The van der Waals surface area contributed by atoms with Gasteiger partial charge < -0.3 is 8.83 Å². The molecule has 11 aromatic rings. The molecule has 0 unspecified atom stereocenters. The Morgan fingerprint density at radius 3 is 1.72 bits per heavy atom. The largest absolute Gasteiger partial charge is 0.456 e. The lowest BCUT2D eigenvalue weighted by molar-refractivity contribution is 0.669. The average Bonchev–Trinajstić information content (AvgIpc) is 3.82. The van der Waals surface area contributed by atoms with Gasteiger partial charge in [0.05, 0.1) is 17.0 Å². The van der Waals surface area contributed by atoms with E-state index in [0.717, 1.165) is 94.2 Å². The van der Waals surface area contributed by atoms with Crippen molar-refractivity contribution in [3.8, 4) is 56.2 Å². The number of nitrogens with zero attached hydrogens (tertiary/aromatic N) is 2. The SMILES string of the molecule is c1ccc(-c2cc(-c3cc(-c4ccc5ccccc5c4)cc(-c4ccc5c(c4)oc4ccccc45)c3)nc(-c3cccc4c3oc3ccccc34)n2)cc1. The first-order chi connectivity index (χ1) is 26.7. The number of hydrogen-bond acceptors (Lipinski definition) is 4. The van der Waals surface area contributed by atoms with E-state index in [4.69, 9.17) is 18.8 Å². The number of furan rings is 2. The Labute approximate surface area is 310 Å². The predicted molar refractivity (Wildman–Crippen MR) is 221 cm³/mol. The van der Waals surface area contributed by atoms with Crippen molar-refractivity contribution in [2.24, 2.45) is 0 Å². The van der Waals surface area contributed by atoms with Crippen LogP contribution in [0, 0.1) is 0 Å². The molecule has 3 heterocycles. The molecule has 0 bridgehead atoms. The number of fused-ring (bicyclic) bond motifs is 7. The molecular formula is C50H30N2O2. The highest BCUT2D eigenvalue weighted by atomic mass is 16.3. The molecule has 0 fully saturated rings. The zero-order chi connectivity index (χ0) is 35.6. The summed E-state index contributed by atoms with van der Waals surface area (Å²) in [6, 6.07) is 63.4. The van der Waals surface area contributed by atoms with Crippen LogP contribution in [0.1, 0.15) is 0 Å². The van der Waals surface area contributed by atoms with Crippen molar-refractivity contribution in [1.29, 1.82) is 0 Å². The van der Waals surface area contributed by atoms with Crippen LogP contribution in [-0.2, 0) is 0 Å². The maximum atomic E-state index is 6.49. The molecule has 8 aromatic carbocycles. The van der Waals surface area contributed by atoms with Gasteiger partial charge in [-0.2, -0.15) is 0 Å². The van der Waals surface area contributed by atoms with Crippen LogP contribution in [0.2, 0.25) is 0 Å². The molecule has 0 saturated heterocycles. The Bertz CT molecular complexity index is 3230. The Kier molecular flexibility index (Phi) is 6.82. The minimum Gasteiger partial charge on any atom is -0.456 e. The first-order valence-electron chi connectivity index (χ1n) is 18.1. The molecule has 0 aliphatic rings. The molecule has 0 spiro atoms. The molecule has 3 aromatic heterocycles. The van der Waals surface area contributed by atoms with Gasteiger partial charge in [0.25, 0.3) is 0 Å². The molecule has 4 nitrogen and oxygen atoms in total. The summed E-state index contributed by atoms with van der Waals surface area (Å²) >= 11 is 0. The fourth-order valence-corrected chi connectivity index (χ4v) is 7.78. The first-order valence-corrected chi connectivity index (χ1v) is 18.1. The molecule has 0 N–H and O–H groups in total. The van der Waals surface area contributed by atoms with Crippen molar-refractivity contribution in [2.45, 2.75) is 0 Å². The zero-order valence-electron chi connectivity index (χ0n) is 29.0. The van der Waals surface area contributed by atoms with Gasteiger partial charge >= 0.3 is 0 Å². The van der Waals surface area contributed by atoms with Gasteiger partial charge in [0.15, 0.2) is 5.82 Å². The third kappa shape index (κ3) is 5.07. The third-order valence-corrected chi connectivity index (χ3v) is 10.5. The maximum Gasteiger partial charge on any atom is 0.164 e. The topological polar surface area (TPSA) is 52.1 Å². The summed E-state index contributed by atoms with van der Waals surface area (Å²) in [4.78, 5) is 10.5. The van der Waals surface area contributed by atoms with Crippen LogP contribution in [0.5, 0.6) is 0 Å². The van der Waals surface area contributed by atoms with Crippen LogP contribution in [-0.4, -0.2) is 9.97 Å². The number of benzene rings is 8. The lowest BCUT2D eigenvalue weighted by Gasteiger charge is -2.14. The summed E-state index contributed by atoms with van der Waals surface area (Å²) in [7, 11) is 0. The van der Waals surface area contributed by atoms with E-state index in [0.29, 0.717) is 5.82 Å². The van der Waals surface area contributed by atoms with E-state index < -0.39 is 0 Å². The quantitative estimate of drug-likeness (QED) is 0.180. The lowest BCUT2D eigenvalue weighted by Crippen LogP contribution is -1.97. The van der Waals surface area contributed by atoms with Gasteiger partial charge in [0.1, 0.15) is 22.3 Å². The predicted octanol–water partition coefficient (Wildman–Crippen LogP) is 13.8. The van der Waals surface area contributed by atoms with Crippen molar-refractivity contribution in [1.82, 2.24) is 9.97 Å². The second-order valence-corrected chi connectivity index (χ2v) is 13.8. The summed E-state index contributed by atoms with van der Waals surface area (Å²) < 4.78 is 12.8. The van der Waals surface area contributed by atoms with Crippen LogP contribution in [0.4, 0.5) is 0 Å². The van der Waals surface area contributed by atoms with Crippen molar-refractivity contribution < 1.29 is 8.83 Å². The lowest BCUT2D eigenvalue weighted by atomic mass is 9.93. The van der Waals surface area contributed by atoms with Crippen LogP contribution < -0.4 is 0 Å². The van der Waals surface area contributed by atoms with Crippen molar-refractivity contribution in [3.05, 3.63) is 182 Å². The maximum absolute atomic E-state index is 6.49. The highest BCUT2D eigenvalue weighted by Crippen LogP contribution is 2.39. The highest BCUT2D eigenvalue weighted by Gasteiger charge is 2.18. The molecule has 0 aliphatic carbocycles. The summed E-state index contributed by atoms with van der Waals surface area (Å²) in [5, 5.41) is 6.74. The normalized spacial score (nSPS) is 11.7. The van der Waals surface area contributed by atoms with E-state index in [9.17, 15) is 0 Å². The summed E-state index contributed by atoms with van der Waals surface area (Å²) in [6.07, 6.45) is 0. The second kappa shape index (κ2) is 12.1. The van der Waals surface area contributed by atoms with E-state index in [1.165, 1.54) is 10.8 Å². The monoisotopic (exact) mass is 690 g/mol. The van der Waals surface area contributed by atoms with Gasteiger partial charge in [-0.1, -0.05) is 121 Å². The second-order valence-electron chi connectivity index (χ2n) is 13.8. The minimum atomic E-state index is 0.609. The molecule has 4 heteroatoms.